The second kappa shape index (κ2) is 8.40. The number of aromatic nitrogens is 1. The fourth-order valence-electron chi connectivity index (χ4n) is 3.62. The van der Waals surface area contributed by atoms with E-state index >= 15 is 0 Å². The second-order valence-electron chi connectivity index (χ2n) is 7.10. The highest BCUT2D eigenvalue weighted by Crippen LogP contribution is 2.47. The van der Waals surface area contributed by atoms with Gasteiger partial charge in [-0.1, -0.05) is 23.2 Å². The molecule has 1 aliphatic rings. The molecule has 2 aromatic heterocycles. The lowest BCUT2D eigenvalue weighted by Crippen LogP contribution is -2.39. The first-order valence-electron chi connectivity index (χ1n) is 9.34. The maximum atomic E-state index is 6.51. The van der Waals surface area contributed by atoms with Crippen molar-refractivity contribution in [1.29, 1.82) is 0 Å². The number of benzene rings is 1. The third-order valence-corrected chi connectivity index (χ3v) is 6.04. The number of hydrogen-bond donors (Lipinski definition) is 1. The molecule has 2 N–H and O–H groups in total. The van der Waals surface area contributed by atoms with E-state index in [-0.39, 0.29) is 12.0 Å². The van der Waals surface area contributed by atoms with E-state index in [9.17, 15) is 0 Å². The van der Waals surface area contributed by atoms with Crippen molar-refractivity contribution >= 4 is 34.2 Å². The number of hydrogen-bond acceptors (Lipinski definition) is 6. The van der Waals surface area contributed by atoms with E-state index in [1.165, 1.54) is 14.2 Å². The molecule has 1 aromatic carbocycles. The van der Waals surface area contributed by atoms with Gasteiger partial charge in [0.1, 0.15) is 17.3 Å². The van der Waals surface area contributed by atoms with Crippen LogP contribution < -0.4 is 15.2 Å². The van der Waals surface area contributed by atoms with Crippen LogP contribution in [0.2, 0.25) is 10.0 Å². The summed E-state index contributed by atoms with van der Waals surface area (Å²) in [5.41, 5.74) is 8.33. The Morgan fingerprint density at radius 2 is 1.86 bits per heavy atom. The highest BCUT2D eigenvalue weighted by atomic mass is 35.5. The van der Waals surface area contributed by atoms with Gasteiger partial charge in [0.25, 0.3) is 0 Å². The molecule has 3 heterocycles. The number of halogens is 2. The maximum Gasteiger partial charge on any atom is 0.153 e. The molecule has 2 atom stereocenters. The van der Waals surface area contributed by atoms with E-state index in [1.54, 1.807) is 12.3 Å². The Morgan fingerprint density at radius 3 is 2.52 bits per heavy atom. The number of pyridine rings is 1. The van der Waals surface area contributed by atoms with Gasteiger partial charge < -0.3 is 24.4 Å². The molecule has 3 aromatic rings. The van der Waals surface area contributed by atoms with Crippen LogP contribution in [0.5, 0.6) is 11.5 Å². The summed E-state index contributed by atoms with van der Waals surface area (Å²) in [5, 5.41) is 1.62. The number of methoxy groups -OCH3 is 2. The molecule has 154 valence electrons. The van der Waals surface area contributed by atoms with Crippen molar-refractivity contribution in [3.63, 3.8) is 0 Å². The van der Waals surface area contributed by atoms with Gasteiger partial charge in [-0.3, -0.25) is 4.98 Å². The molecule has 1 saturated heterocycles. The third-order valence-electron chi connectivity index (χ3n) is 5.29. The van der Waals surface area contributed by atoms with Crippen molar-refractivity contribution in [2.45, 2.75) is 18.9 Å². The summed E-state index contributed by atoms with van der Waals surface area (Å²) < 4.78 is 22.2. The minimum atomic E-state index is 0.128. The molecule has 0 amide bonds. The van der Waals surface area contributed by atoms with E-state index in [1.807, 2.05) is 12.1 Å². The second-order valence-corrected chi connectivity index (χ2v) is 7.86. The molecular formula is C21H22Cl2N2O4. The molecule has 0 saturated carbocycles. The van der Waals surface area contributed by atoms with E-state index in [2.05, 4.69) is 4.98 Å². The van der Waals surface area contributed by atoms with Crippen LogP contribution in [0.15, 0.2) is 28.8 Å². The molecular weight excluding hydrogens is 415 g/mol. The molecule has 0 unspecified atom stereocenters. The van der Waals surface area contributed by atoms with Crippen molar-refractivity contribution in [3.8, 4) is 22.8 Å². The molecule has 8 heteroatoms. The van der Waals surface area contributed by atoms with Crippen molar-refractivity contribution in [2.24, 2.45) is 11.7 Å². The normalized spacial score (nSPS) is 19.5. The van der Waals surface area contributed by atoms with Crippen LogP contribution in [0, 0.1) is 5.92 Å². The highest BCUT2D eigenvalue weighted by Gasteiger charge is 2.24. The molecule has 4 rings (SSSR count). The minimum absolute atomic E-state index is 0.128. The molecule has 0 radical (unpaired) electrons. The Morgan fingerprint density at radius 1 is 1.14 bits per heavy atom. The highest BCUT2D eigenvalue weighted by molar-refractivity contribution is 6.41. The summed E-state index contributed by atoms with van der Waals surface area (Å²) >= 11 is 13.0. The lowest BCUT2D eigenvalue weighted by Gasteiger charge is -2.28. The van der Waals surface area contributed by atoms with Gasteiger partial charge in [-0.25, -0.2) is 0 Å². The zero-order chi connectivity index (χ0) is 20.5. The Labute approximate surface area is 178 Å². The quantitative estimate of drug-likeness (QED) is 0.622. The Kier molecular flexibility index (Phi) is 5.88. The van der Waals surface area contributed by atoms with Crippen molar-refractivity contribution in [1.82, 2.24) is 4.98 Å². The number of nitrogens with zero attached hydrogens (tertiary/aromatic N) is 1. The van der Waals surface area contributed by atoms with Gasteiger partial charge in [-0.05, 0) is 25.0 Å². The number of nitrogens with two attached hydrogens (primary N) is 1. The van der Waals surface area contributed by atoms with Gasteiger partial charge in [0.15, 0.2) is 5.58 Å². The molecule has 1 fully saturated rings. The molecule has 0 aliphatic carbocycles. The van der Waals surface area contributed by atoms with Crippen molar-refractivity contribution in [2.75, 3.05) is 27.4 Å². The summed E-state index contributed by atoms with van der Waals surface area (Å²) in [4.78, 5) is 4.53. The first kappa shape index (κ1) is 20.3. The summed E-state index contributed by atoms with van der Waals surface area (Å²) in [7, 11) is 3.07. The van der Waals surface area contributed by atoms with Crippen LogP contribution in [-0.2, 0) is 11.2 Å². The SMILES string of the molecule is COc1cc(OC)c(Cl)c(-c2cc3cc(C[C@@H]4COCC[C@@H]4N)ncc3o2)c1Cl. The summed E-state index contributed by atoms with van der Waals surface area (Å²) in [6, 6.07) is 5.67. The third kappa shape index (κ3) is 3.90. The largest absolute Gasteiger partial charge is 0.495 e. The lowest BCUT2D eigenvalue weighted by molar-refractivity contribution is 0.0419. The fourth-order valence-corrected chi connectivity index (χ4v) is 4.31. The predicted molar refractivity (Wildman–Crippen MR) is 113 cm³/mol. The predicted octanol–water partition coefficient (Wildman–Crippen LogP) is 4.73. The van der Waals surface area contributed by atoms with E-state index in [0.29, 0.717) is 45.1 Å². The van der Waals surface area contributed by atoms with Crippen LogP contribution >= 0.6 is 23.2 Å². The molecule has 0 bridgehead atoms. The fraction of sp³-hybridized carbons (Fsp3) is 0.381. The van der Waals surface area contributed by atoms with Crippen molar-refractivity contribution in [3.05, 3.63) is 40.1 Å². The zero-order valence-electron chi connectivity index (χ0n) is 16.2. The smallest absolute Gasteiger partial charge is 0.153 e. The standard InChI is InChI=1S/C21H22Cl2N2O4/c1-26-16-8-17(27-2)21(23)19(20(16)22)15-7-11-5-13(25-9-18(11)29-15)6-12-10-28-4-3-14(12)24/h5,7-9,12,14H,3-4,6,10,24H2,1-2H3/t12-,14+/m1/s1. The van der Waals surface area contributed by atoms with Crippen LogP contribution in [0.25, 0.3) is 22.3 Å². The number of furan rings is 1. The first-order chi connectivity index (χ1) is 14.0. The molecule has 1 aliphatic heterocycles. The Hall–Kier alpha value is -1.99. The zero-order valence-corrected chi connectivity index (χ0v) is 17.7. The van der Waals surface area contributed by atoms with Gasteiger partial charge in [0.2, 0.25) is 0 Å². The van der Waals surface area contributed by atoms with Crippen LogP contribution in [0.3, 0.4) is 0 Å². The van der Waals surface area contributed by atoms with Crippen LogP contribution in [-0.4, -0.2) is 38.5 Å². The van der Waals surface area contributed by atoms with Gasteiger partial charge in [-0.2, -0.15) is 0 Å². The minimum Gasteiger partial charge on any atom is -0.495 e. The molecule has 0 spiro atoms. The number of ether oxygens (including phenoxy) is 3. The topological polar surface area (TPSA) is 79.7 Å². The summed E-state index contributed by atoms with van der Waals surface area (Å²) in [5.74, 6) is 1.68. The van der Waals surface area contributed by atoms with Crippen LogP contribution in [0.1, 0.15) is 12.1 Å². The first-order valence-corrected chi connectivity index (χ1v) is 10.1. The summed E-state index contributed by atoms with van der Waals surface area (Å²) in [6.45, 7) is 1.38. The molecule has 29 heavy (non-hydrogen) atoms. The molecule has 6 nitrogen and oxygen atoms in total. The Balaban J connectivity index is 1.71. The van der Waals surface area contributed by atoms with Crippen molar-refractivity contribution < 1.29 is 18.6 Å². The average molecular weight is 437 g/mol. The number of rotatable bonds is 5. The van der Waals surface area contributed by atoms with Crippen LogP contribution in [0.4, 0.5) is 0 Å². The van der Waals surface area contributed by atoms with Gasteiger partial charge >= 0.3 is 0 Å². The number of fused-ring (bicyclic) bond motifs is 1. The summed E-state index contributed by atoms with van der Waals surface area (Å²) in [6.07, 6.45) is 3.34. The van der Waals surface area contributed by atoms with Gasteiger partial charge in [0, 0.05) is 35.7 Å². The lowest BCUT2D eigenvalue weighted by atomic mass is 9.92. The van der Waals surface area contributed by atoms with E-state index in [4.69, 9.17) is 47.6 Å². The average Bonchev–Trinajstić information content (AvgIpc) is 3.13. The monoisotopic (exact) mass is 436 g/mol. The maximum absolute atomic E-state index is 6.51. The van der Waals surface area contributed by atoms with Gasteiger partial charge in [0.05, 0.1) is 42.6 Å². The van der Waals surface area contributed by atoms with Gasteiger partial charge in [-0.15, -0.1) is 0 Å². The van der Waals surface area contributed by atoms with E-state index in [0.717, 1.165) is 30.5 Å². The van der Waals surface area contributed by atoms with E-state index < -0.39 is 0 Å². The Bertz CT molecular complexity index is 1010.